The lowest BCUT2D eigenvalue weighted by Gasteiger charge is -2.28. The lowest BCUT2D eigenvalue weighted by atomic mass is 10.0. The first-order valence-electron chi connectivity index (χ1n) is 6.11. The molecule has 96 valence electrons. The van der Waals surface area contributed by atoms with E-state index in [4.69, 9.17) is 16.3 Å². The molecule has 1 aromatic heterocycles. The number of halogens is 1. The molecular formula is C12H20ClN3O. The second-order valence-corrected chi connectivity index (χ2v) is 5.12. The number of ether oxygens (including phenoxy) is 1. The molecule has 2 rings (SSSR count). The Morgan fingerprint density at radius 3 is 2.94 bits per heavy atom. The highest BCUT2D eigenvalue weighted by Crippen LogP contribution is 2.20. The van der Waals surface area contributed by atoms with Gasteiger partial charge in [0.1, 0.15) is 5.15 Å². The zero-order valence-corrected chi connectivity index (χ0v) is 11.4. The minimum atomic E-state index is 0.353. The molecule has 1 fully saturated rings. The number of nitrogens with one attached hydrogen (secondary N) is 1. The summed E-state index contributed by atoms with van der Waals surface area (Å²) in [4.78, 5) is 0. The van der Waals surface area contributed by atoms with Gasteiger partial charge in [-0.05, 0) is 26.7 Å². The fourth-order valence-electron chi connectivity index (χ4n) is 2.30. The first-order valence-corrected chi connectivity index (χ1v) is 6.48. The molecule has 1 N–H and O–H groups in total. The van der Waals surface area contributed by atoms with Gasteiger partial charge < -0.3 is 10.1 Å². The van der Waals surface area contributed by atoms with Crippen molar-refractivity contribution < 1.29 is 4.74 Å². The van der Waals surface area contributed by atoms with Crippen LogP contribution >= 0.6 is 11.6 Å². The monoisotopic (exact) mass is 257 g/mol. The van der Waals surface area contributed by atoms with Crippen molar-refractivity contribution in [3.8, 4) is 0 Å². The summed E-state index contributed by atoms with van der Waals surface area (Å²) in [7, 11) is 1.87. The normalized spacial score (nSPS) is 25.2. The van der Waals surface area contributed by atoms with Gasteiger partial charge >= 0.3 is 0 Å². The van der Waals surface area contributed by atoms with Gasteiger partial charge in [0.25, 0.3) is 0 Å². The Labute approximate surface area is 107 Å². The lowest BCUT2D eigenvalue weighted by Crippen LogP contribution is -2.37. The van der Waals surface area contributed by atoms with Gasteiger partial charge in [-0.3, -0.25) is 4.68 Å². The van der Waals surface area contributed by atoms with Crippen molar-refractivity contribution in [3.05, 3.63) is 16.4 Å². The second kappa shape index (κ2) is 5.38. The van der Waals surface area contributed by atoms with Crippen molar-refractivity contribution in [1.29, 1.82) is 0 Å². The third-order valence-corrected chi connectivity index (χ3v) is 3.80. The summed E-state index contributed by atoms with van der Waals surface area (Å²) < 4.78 is 7.25. The van der Waals surface area contributed by atoms with Crippen LogP contribution in [0.4, 0.5) is 0 Å². The average molecular weight is 258 g/mol. The Bertz CT molecular complexity index is 391. The maximum atomic E-state index is 6.20. The predicted molar refractivity (Wildman–Crippen MR) is 68.2 cm³/mol. The molecule has 5 heteroatoms. The molecule has 2 heterocycles. The Morgan fingerprint density at radius 1 is 1.59 bits per heavy atom. The van der Waals surface area contributed by atoms with E-state index in [1.807, 2.05) is 14.0 Å². The van der Waals surface area contributed by atoms with Crippen LogP contribution in [0.15, 0.2) is 0 Å². The van der Waals surface area contributed by atoms with E-state index in [-0.39, 0.29) is 0 Å². The maximum Gasteiger partial charge on any atom is 0.131 e. The number of hydrogen-bond donors (Lipinski definition) is 1. The van der Waals surface area contributed by atoms with E-state index in [0.29, 0.717) is 12.1 Å². The number of aromatic nitrogens is 2. The van der Waals surface area contributed by atoms with Gasteiger partial charge in [-0.1, -0.05) is 11.6 Å². The molecule has 1 aliphatic rings. The van der Waals surface area contributed by atoms with Crippen LogP contribution in [0.5, 0.6) is 0 Å². The number of aryl methyl sites for hydroxylation is 2. The molecule has 1 saturated heterocycles. The smallest absolute Gasteiger partial charge is 0.131 e. The molecule has 0 saturated carbocycles. The van der Waals surface area contributed by atoms with E-state index < -0.39 is 0 Å². The highest BCUT2D eigenvalue weighted by molar-refractivity contribution is 6.30. The molecule has 4 nitrogen and oxygen atoms in total. The van der Waals surface area contributed by atoms with Crippen molar-refractivity contribution in [1.82, 2.24) is 15.1 Å². The fraction of sp³-hybridized carbons (Fsp3) is 0.750. The van der Waals surface area contributed by atoms with Crippen LogP contribution in [0.1, 0.15) is 31.0 Å². The van der Waals surface area contributed by atoms with Crippen LogP contribution in [0, 0.1) is 6.92 Å². The minimum absolute atomic E-state index is 0.353. The summed E-state index contributed by atoms with van der Waals surface area (Å²) in [6, 6.07) is 0.523. The van der Waals surface area contributed by atoms with E-state index in [1.165, 1.54) is 0 Å². The SMILES string of the molecule is Cc1nn(C)c(Cl)c1CNC1CCOC(C)C1. The zero-order chi connectivity index (χ0) is 12.4. The van der Waals surface area contributed by atoms with Crippen LogP contribution in [0.25, 0.3) is 0 Å². The largest absolute Gasteiger partial charge is 0.378 e. The summed E-state index contributed by atoms with van der Waals surface area (Å²) in [5, 5.41) is 8.59. The van der Waals surface area contributed by atoms with Crippen LogP contribution in [-0.4, -0.2) is 28.5 Å². The molecule has 1 aromatic rings. The summed E-state index contributed by atoms with van der Waals surface area (Å²) >= 11 is 6.20. The third-order valence-electron chi connectivity index (χ3n) is 3.32. The predicted octanol–water partition coefficient (Wildman–Crippen LogP) is 2.04. The standard InChI is InChI=1S/C12H20ClN3O/c1-8-6-10(4-5-17-8)14-7-11-9(2)15-16(3)12(11)13/h8,10,14H,4-7H2,1-3H3. The van der Waals surface area contributed by atoms with E-state index in [2.05, 4.69) is 17.3 Å². The molecule has 0 radical (unpaired) electrons. The van der Waals surface area contributed by atoms with Crippen LogP contribution in [0.3, 0.4) is 0 Å². The number of nitrogens with zero attached hydrogens (tertiary/aromatic N) is 2. The summed E-state index contributed by atoms with van der Waals surface area (Å²) in [5.74, 6) is 0. The zero-order valence-electron chi connectivity index (χ0n) is 10.7. The maximum absolute atomic E-state index is 6.20. The Kier molecular flexibility index (Phi) is 4.07. The highest BCUT2D eigenvalue weighted by atomic mass is 35.5. The third kappa shape index (κ3) is 3.00. The topological polar surface area (TPSA) is 39.1 Å². The quantitative estimate of drug-likeness (QED) is 0.901. The van der Waals surface area contributed by atoms with Gasteiger partial charge in [-0.2, -0.15) is 5.10 Å². The van der Waals surface area contributed by atoms with Crippen LogP contribution in [-0.2, 0) is 18.3 Å². The van der Waals surface area contributed by atoms with E-state index in [9.17, 15) is 0 Å². The molecule has 2 atom stereocenters. The van der Waals surface area contributed by atoms with Crippen molar-refractivity contribution >= 4 is 11.6 Å². The molecule has 0 aliphatic carbocycles. The molecule has 0 aromatic carbocycles. The molecule has 0 amide bonds. The first-order chi connectivity index (χ1) is 8.08. The average Bonchev–Trinajstić information content (AvgIpc) is 2.51. The Hall–Kier alpha value is -0.580. The lowest BCUT2D eigenvalue weighted by molar-refractivity contribution is 0.0130. The van der Waals surface area contributed by atoms with Crippen molar-refractivity contribution in [2.45, 2.75) is 45.4 Å². The van der Waals surface area contributed by atoms with Gasteiger partial charge in [0, 0.05) is 31.8 Å². The Balaban J connectivity index is 1.93. The summed E-state index contributed by atoms with van der Waals surface area (Å²) in [6.07, 6.45) is 2.49. The van der Waals surface area contributed by atoms with E-state index in [0.717, 1.165) is 42.4 Å². The van der Waals surface area contributed by atoms with Gasteiger partial charge in [0.2, 0.25) is 0 Å². The van der Waals surface area contributed by atoms with Gasteiger partial charge in [0.05, 0.1) is 11.8 Å². The highest BCUT2D eigenvalue weighted by Gasteiger charge is 2.20. The molecule has 0 bridgehead atoms. The van der Waals surface area contributed by atoms with Crippen molar-refractivity contribution in [3.63, 3.8) is 0 Å². The minimum Gasteiger partial charge on any atom is -0.378 e. The molecule has 2 unspecified atom stereocenters. The van der Waals surface area contributed by atoms with E-state index in [1.54, 1.807) is 4.68 Å². The summed E-state index contributed by atoms with van der Waals surface area (Å²) in [5.41, 5.74) is 2.11. The number of hydrogen-bond acceptors (Lipinski definition) is 3. The van der Waals surface area contributed by atoms with Gasteiger partial charge in [0.15, 0.2) is 0 Å². The molecule has 17 heavy (non-hydrogen) atoms. The molecule has 1 aliphatic heterocycles. The first kappa shape index (κ1) is 12.9. The molecular weight excluding hydrogens is 238 g/mol. The van der Waals surface area contributed by atoms with Crippen LogP contribution in [0.2, 0.25) is 5.15 Å². The van der Waals surface area contributed by atoms with Crippen molar-refractivity contribution in [2.75, 3.05) is 6.61 Å². The van der Waals surface area contributed by atoms with Gasteiger partial charge in [-0.25, -0.2) is 0 Å². The Morgan fingerprint density at radius 2 is 2.35 bits per heavy atom. The number of rotatable bonds is 3. The van der Waals surface area contributed by atoms with E-state index >= 15 is 0 Å². The van der Waals surface area contributed by atoms with Crippen LogP contribution < -0.4 is 5.32 Å². The summed E-state index contributed by atoms with van der Waals surface area (Å²) in [6.45, 7) is 5.75. The molecule has 0 spiro atoms. The fourth-order valence-corrected chi connectivity index (χ4v) is 2.55. The second-order valence-electron chi connectivity index (χ2n) is 4.76. The van der Waals surface area contributed by atoms with Gasteiger partial charge in [-0.15, -0.1) is 0 Å². The van der Waals surface area contributed by atoms with Crippen molar-refractivity contribution in [2.24, 2.45) is 7.05 Å².